The maximum atomic E-state index is 12.8. The quantitative estimate of drug-likeness (QED) is 0.824. The van der Waals surface area contributed by atoms with E-state index >= 15 is 0 Å². The van der Waals surface area contributed by atoms with Crippen molar-refractivity contribution in [2.45, 2.75) is 59.5 Å². The van der Waals surface area contributed by atoms with E-state index in [-0.39, 0.29) is 18.0 Å². The maximum Gasteiger partial charge on any atom is 0.245 e. The molecule has 1 N–H and O–H groups in total. The van der Waals surface area contributed by atoms with Gasteiger partial charge in [-0.05, 0) is 39.2 Å². The van der Waals surface area contributed by atoms with Crippen LogP contribution in [0.5, 0.6) is 0 Å². The van der Waals surface area contributed by atoms with Crippen LogP contribution in [0.1, 0.15) is 61.3 Å². The molecule has 0 saturated carbocycles. The fourth-order valence-electron chi connectivity index (χ4n) is 2.90. The van der Waals surface area contributed by atoms with E-state index in [1.807, 2.05) is 20.8 Å². The zero-order valence-corrected chi connectivity index (χ0v) is 15.8. The van der Waals surface area contributed by atoms with E-state index in [1.165, 1.54) is 5.56 Å². The molecular formula is C19H26ClN3O. The van der Waals surface area contributed by atoms with E-state index in [0.29, 0.717) is 11.4 Å². The number of nitrogens with one attached hydrogen (secondary N) is 1. The molecule has 2 atom stereocenters. The minimum Gasteiger partial charge on any atom is -0.347 e. The van der Waals surface area contributed by atoms with E-state index < -0.39 is 0 Å². The van der Waals surface area contributed by atoms with Crippen molar-refractivity contribution >= 4 is 17.5 Å². The van der Waals surface area contributed by atoms with Crippen molar-refractivity contribution in [2.24, 2.45) is 0 Å². The zero-order chi connectivity index (χ0) is 17.9. The van der Waals surface area contributed by atoms with Gasteiger partial charge in [0.05, 0.1) is 22.5 Å². The van der Waals surface area contributed by atoms with Crippen LogP contribution in [0.2, 0.25) is 5.02 Å². The number of rotatable bonds is 6. The van der Waals surface area contributed by atoms with Crippen LogP contribution in [-0.4, -0.2) is 15.7 Å². The predicted octanol–water partition coefficient (Wildman–Crippen LogP) is 4.68. The van der Waals surface area contributed by atoms with Crippen LogP contribution in [-0.2, 0) is 4.79 Å². The molecule has 0 bridgehead atoms. The Morgan fingerprint density at radius 2 is 1.79 bits per heavy atom. The molecule has 1 aromatic carbocycles. The van der Waals surface area contributed by atoms with Crippen molar-refractivity contribution < 1.29 is 4.79 Å². The van der Waals surface area contributed by atoms with Crippen molar-refractivity contribution in [3.63, 3.8) is 0 Å². The highest BCUT2D eigenvalue weighted by Crippen LogP contribution is 2.25. The summed E-state index contributed by atoms with van der Waals surface area (Å²) in [6.07, 6.45) is 1.50. The van der Waals surface area contributed by atoms with Crippen LogP contribution in [0.4, 0.5) is 0 Å². The summed E-state index contributed by atoms with van der Waals surface area (Å²) in [5.41, 5.74) is 3.92. The lowest BCUT2D eigenvalue weighted by atomic mass is 10.0. The molecule has 4 nitrogen and oxygen atoms in total. The molecule has 2 unspecified atom stereocenters. The SMILES string of the molecule is CCC(NC(=O)C(CC)n1nc(C)c(Cl)c1C)c1ccc(C)cc1. The number of nitrogens with zero attached hydrogens (tertiary/aromatic N) is 2. The number of aromatic nitrogens is 2. The van der Waals surface area contributed by atoms with Crippen molar-refractivity contribution in [2.75, 3.05) is 0 Å². The van der Waals surface area contributed by atoms with Gasteiger partial charge in [-0.25, -0.2) is 0 Å². The van der Waals surface area contributed by atoms with Gasteiger partial charge in [-0.15, -0.1) is 0 Å². The molecule has 2 aromatic rings. The molecule has 2 rings (SSSR count). The standard InChI is InChI=1S/C19H26ClN3O/c1-6-16(15-10-8-12(3)9-11-15)21-19(24)17(7-2)23-14(5)18(20)13(4)22-23/h8-11,16-17H,6-7H2,1-5H3,(H,21,24). The average Bonchev–Trinajstić information content (AvgIpc) is 2.82. The number of amides is 1. The van der Waals surface area contributed by atoms with Gasteiger partial charge in [0.15, 0.2) is 0 Å². The average molecular weight is 348 g/mol. The zero-order valence-electron chi connectivity index (χ0n) is 15.1. The van der Waals surface area contributed by atoms with Gasteiger partial charge in [-0.2, -0.15) is 5.10 Å². The van der Waals surface area contributed by atoms with Crippen LogP contribution >= 0.6 is 11.6 Å². The van der Waals surface area contributed by atoms with E-state index in [0.717, 1.165) is 23.4 Å². The van der Waals surface area contributed by atoms with Crippen LogP contribution in [0, 0.1) is 20.8 Å². The van der Waals surface area contributed by atoms with E-state index in [9.17, 15) is 4.79 Å². The predicted molar refractivity (Wildman–Crippen MR) is 98.4 cm³/mol. The number of benzene rings is 1. The molecule has 0 aliphatic heterocycles. The Bertz CT molecular complexity index is 706. The Kier molecular flexibility index (Phi) is 6.05. The summed E-state index contributed by atoms with van der Waals surface area (Å²) in [5.74, 6) is -0.0211. The number of hydrogen-bond acceptors (Lipinski definition) is 2. The Morgan fingerprint density at radius 1 is 1.17 bits per heavy atom. The number of halogens is 1. The van der Waals surface area contributed by atoms with Crippen molar-refractivity contribution in [3.8, 4) is 0 Å². The van der Waals surface area contributed by atoms with Crippen LogP contribution in [0.15, 0.2) is 24.3 Å². The summed E-state index contributed by atoms with van der Waals surface area (Å²) in [5, 5.41) is 8.24. The second kappa shape index (κ2) is 7.84. The monoisotopic (exact) mass is 347 g/mol. The number of carbonyl (C=O) groups excluding carboxylic acids is 1. The summed E-state index contributed by atoms with van der Waals surface area (Å²) in [4.78, 5) is 12.8. The number of carbonyl (C=O) groups is 1. The molecule has 0 saturated heterocycles. The van der Waals surface area contributed by atoms with Crippen LogP contribution < -0.4 is 5.32 Å². The van der Waals surface area contributed by atoms with E-state index in [4.69, 9.17) is 11.6 Å². The third-order valence-corrected chi connectivity index (χ3v) is 4.97. The maximum absolute atomic E-state index is 12.8. The van der Waals surface area contributed by atoms with Gasteiger partial charge in [0, 0.05) is 0 Å². The normalized spacial score (nSPS) is 13.6. The third-order valence-electron chi connectivity index (χ3n) is 4.43. The molecule has 24 heavy (non-hydrogen) atoms. The highest BCUT2D eigenvalue weighted by atomic mass is 35.5. The molecule has 0 fully saturated rings. The fraction of sp³-hybridized carbons (Fsp3) is 0.474. The summed E-state index contributed by atoms with van der Waals surface area (Å²) < 4.78 is 1.74. The fourth-order valence-corrected chi connectivity index (χ4v) is 3.03. The van der Waals surface area contributed by atoms with Crippen LogP contribution in [0.25, 0.3) is 0 Å². The molecule has 1 aromatic heterocycles. The summed E-state index contributed by atoms with van der Waals surface area (Å²) in [6.45, 7) is 9.88. The van der Waals surface area contributed by atoms with Crippen molar-refractivity contribution in [1.29, 1.82) is 0 Å². The van der Waals surface area contributed by atoms with Gasteiger partial charge < -0.3 is 5.32 Å². The lowest BCUT2D eigenvalue weighted by molar-refractivity contribution is -0.125. The number of aryl methyl sites for hydroxylation is 2. The lowest BCUT2D eigenvalue weighted by Crippen LogP contribution is -2.35. The van der Waals surface area contributed by atoms with Gasteiger partial charge in [0.25, 0.3) is 0 Å². The molecule has 1 amide bonds. The first-order valence-corrected chi connectivity index (χ1v) is 8.84. The highest BCUT2D eigenvalue weighted by Gasteiger charge is 2.25. The van der Waals surface area contributed by atoms with Gasteiger partial charge >= 0.3 is 0 Å². The van der Waals surface area contributed by atoms with Gasteiger partial charge in [0.2, 0.25) is 5.91 Å². The Morgan fingerprint density at radius 3 is 2.25 bits per heavy atom. The van der Waals surface area contributed by atoms with E-state index in [2.05, 4.69) is 48.5 Å². The highest BCUT2D eigenvalue weighted by molar-refractivity contribution is 6.31. The van der Waals surface area contributed by atoms with E-state index in [1.54, 1.807) is 4.68 Å². The first-order valence-electron chi connectivity index (χ1n) is 8.47. The first kappa shape index (κ1) is 18.5. The topological polar surface area (TPSA) is 46.9 Å². The first-order chi connectivity index (χ1) is 11.4. The summed E-state index contributed by atoms with van der Waals surface area (Å²) in [6, 6.07) is 7.94. The molecular weight excluding hydrogens is 322 g/mol. The minimum absolute atomic E-state index is 0.000382. The Hall–Kier alpha value is -1.81. The smallest absolute Gasteiger partial charge is 0.245 e. The van der Waals surface area contributed by atoms with Gasteiger partial charge in [-0.3, -0.25) is 9.48 Å². The molecule has 0 radical (unpaired) electrons. The molecule has 1 heterocycles. The molecule has 5 heteroatoms. The largest absolute Gasteiger partial charge is 0.347 e. The molecule has 130 valence electrons. The Labute approximate surface area is 149 Å². The van der Waals surface area contributed by atoms with Crippen molar-refractivity contribution in [1.82, 2.24) is 15.1 Å². The molecule has 0 aliphatic carbocycles. The summed E-state index contributed by atoms with van der Waals surface area (Å²) >= 11 is 6.23. The van der Waals surface area contributed by atoms with Gasteiger partial charge in [-0.1, -0.05) is 55.3 Å². The Balaban J connectivity index is 2.21. The third kappa shape index (κ3) is 3.81. The van der Waals surface area contributed by atoms with Crippen molar-refractivity contribution in [3.05, 3.63) is 51.8 Å². The van der Waals surface area contributed by atoms with Gasteiger partial charge in [0.1, 0.15) is 6.04 Å². The molecule has 0 spiro atoms. The minimum atomic E-state index is -0.351. The second-order valence-corrected chi connectivity index (χ2v) is 6.61. The second-order valence-electron chi connectivity index (χ2n) is 6.23. The molecule has 0 aliphatic rings. The van der Waals surface area contributed by atoms with Crippen LogP contribution in [0.3, 0.4) is 0 Å². The number of hydrogen-bond donors (Lipinski definition) is 1. The lowest BCUT2D eigenvalue weighted by Gasteiger charge is -2.23. The summed E-state index contributed by atoms with van der Waals surface area (Å²) in [7, 11) is 0.